The van der Waals surface area contributed by atoms with E-state index in [2.05, 4.69) is 148 Å². The maximum atomic E-state index is 6.94. The number of fused-ring (bicyclic) bond motifs is 9. The molecule has 0 atom stereocenters. The van der Waals surface area contributed by atoms with Crippen LogP contribution in [-0.4, -0.2) is 0 Å². The minimum atomic E-state index is 0.0998. The number of hydrogen-bond acceptors (Lipinski definition) is 1. The Labute approximate surface area is 251 Å². The van der Waals surface area contributed by atoms with E-state index >= 15 is 0 Å². The van der Waals surface area contributed by atoms with Gasteiger partial charge < -0.3 is 4.74 Å². The van der Waals surface area contributed by atoms with Crippen molar-refractivity contribution >= 4 is 53.9 Å². The monoisotopic (exact) mass is 550 g/mol. The average Bonchev–Trinajstić information content (AvgIpc) is 3.03. The lowest BCUT2D eigenvalue weighted by atomic mass is 9.84. The Balaban J connectivity index is 1.35. The molecule has 0 aromatic heterocycles. The summed E-state index contributed by atoms with van der Waals surface area (Å²) in [4.78, 5) is 0. The fraction of sp³-hybridized carbons (Fsp3) is 0.0952. The minimum absolute atomic E-state index is 0.0998. The van der Waals surface area contributed by atoms with E-state index < -0.39 is 0 Å². The van der Waals surface area contributed by atoms with Gasteiger partial charge >= 0.3 is 0 Å². The highest BCUT2D eigenvalue weighted by Crippen LogP contribution is 2.53. The second-order valence-corrected chi connectivity index (χ2v) is 12.9. The second kappa shape index (κ2) is 8.69. The van der Waals surface area contributed by atoms with Crippen LogP contribution in [0.4, 0.5) is 0 Å². The summed E-state index contributed by atoms with van der Waals surface area (Å²) in [5, 5.41) is 12.5. The quantitative estimate of drug-likeness (QED) is 0.185. The van der Waals surface area contributed by atoms with Crippen molar-refractivity contribution in [3.05, 3.63) is 133 Å². The molecule has 1 nitrogen and oxygen atoms in total. The van der Waals surface area contributed by atoms with Crippen molar-refractivity contribution in [1.29, 1.82) is 0 Å². The molecule has 43 heavy (non-hydrogen) atoms. The topological polar surface area (TPSA) is 9.23 Å². The normalized spacial score (nSPS) is 12.7. The van der Waals surface area contributed by atoms with Crippen LogP contribution in [0.2, 0.25) is 0 Å². The van der Waals surface area contributed by atoms with E-state index in [-0.39, 0.29) is 5.41 Å². The van der Waals surface area contributed by atoms with Crippen molar-refractivity contribution in [3.63, 3.8) is 0 Å². The van der Waals surface area contributed by atoms with Gasteiger partial charge in [0.1, 0.15) is 11.5 Å². The molecule has 8 aromatic carbocycles. The fourth-order valence-corrected chi connectivity index (χ4v) is 7.22. The Morgan fingerprint density at radius 3 is 1.86 bits per heavy atom. The molecule has 1 heterocycles. The fourth-order valence-electron chi connectivity index (χ4n) is 7.22. The maximum absolute atomic E-state index is 6.94. The van der Waals surface area contributed by atoms with Gasteiger partial charge in [0.25, 0.3) is 0 Å². The smallest absolute Gasteiger partial charge is 0.143 e. The second-order valence-electron chi connectivity index (χ2n) is 12.9. The summed E-state index contributed by atoms with van der Waals surface area (Å²) in [5.41, 5.74) is 6.14. The highest BCUT2D eigenvalue weighted by Gasteiger charge is 2.25. The van der Waals surface area contributed by atoms with E-state index in [1.165, 1.54) is 70.6 Å². The van der Waals surface area contributed by atoms with E-state index in [9.17, 15) is 0 Å². The number of ether oxygens (including phenoxy) is 1. The molecule has 204 valence electrons. The molecule has 0 radical (unpaired) electrons. The first-order valence-electron chi connectivity index (χ1n) is 15.1. The van der Waals surface area contributed by atoms with E-state index in [1.807, 2.05) is 0 Å². The molecule has 0 unspecified atom stereocenters. The third-order valence-electron chi connectivity index (χ3n) is 9.38. The van der Waals surface area contributed by atoms with Gasteiger partial charge in [-0.1, -0.05) is 136 Å². The van der Waals surface area contributed by atoms with Crippen LogP contribution in [0.1, 0.15) is 26.3 Å². The van der Waals surface area contributed by atoms with Crippen molar-refractivity contribution in [1.82, 2.24) is 0 Å². The van der Waals surface area contributed by atoms with Crippen LogP contribution in [0.15, 0.2) is 127 Å². The summed E-state index contributed by atoms with van der Waals surface area (Å²) in [5.74, 6) is 1.85. The molecular formula is C42H30O. The molecule has 0 saturated heterocycles. The van der Waals surface area contributed by atoms with Crippen LogP contribution in [0.5, 0.6) is 11.5 Å². The summed E-state index contributed by atoms with van der Waals surface area (Å²) >= 11 is 0. The van der Waals surface area contributed by atoms with Gasteiger partial charge in [0, 0.05) is 16.5 Å². The predicted molar refractivity (Wildman–Crippen MR) is 184 cm³/mol. The summed E-state index contributed by atoms with van der Waals surface area (Å²) in [6.45, 7) is 6.84. The Bertz CT molecular complexity index is 2460. The Kier molecular flexibility index (Phi) is 4.94. The predicted octanol–water partition coefficient (Wildman–Crippen LogP) is 12.2. The molecule has 0 bridgehead atoms. The van der Waals surface area contributed by atoms with Gasteiger partial charge in [0.05, 0.1) is 0 Å². The molecule has 0 saturated carbocycles. The van der Waals surface area contributed by atoms with Crippen molar-refractivity contribution in [2.24, 2.45) is 0 Å². The van der Waals surface area contributed by atoms with Crippen LogP contribution in [0, 0.1) is 0 Å². The highest BCUT2D eigenvalue weighted by molar-refractivity contribution is 6.22. The van der Waals surface area contributed by atoms with E-state index in [0.29, 0.717) is 0 Å². The SMILES string of the molecule is CC(C)(C)c1ccc2c(ccc3c4ccccc4c(-c4cccc5c4Oc4cc6ccccc6c6cccc-5c46)cc23)c1. The van der Waals surface area contributed by atoms with Crippen LogP contribution in [-0.2, 0) is 5.41 Å². The van der Waals surface area contributed by atoms with Gasteiger partial charge in [-0.15, -0.1) is 0 Å². The van der Waals surface area contributed by atoms with Gasteiger partial charge in [0.2, 0.25) is 0 Å². The first kappa shape index (κ1) is 24.5. The average molecular weight is 551 g/mol. The summed E-state index contributed by atoms with van der Waals surface area (Å²) in [7, 11) is 0. The number of hydrogen-bond donors (Lipinski definition) is 0. The number of benzene rings is 8. The molecule has 1 aliphatic heterocycles. The first-order chi connectivity index (χ1) is 21.0. The Morgan fingerprint density at radius 1 is 0.419 bits per heavy atom. The van der Waals surface area contributed by atoms with Crippen LogP contribution in [0.3, 0.4) is 0 Å². The molecule has 1 heteroatoms. The zero-order valence-electron chi connectivity index (χ0n) is 24.5. The largest absolute Gasteiger partial charge is 0.455 e. The zero-order valence-corrected chi connectivity index (χ0v) is 24.5. The van der Waals surface area contributed by atoms with Crippen molar-refractivity contribution < 1.29 is 4.74 Å². The van der Waals surface area contributed by atoms with Gasteiger partial charge in [0.15, 0.2) is 0 Å². The molecule has 8 aromatic rings. The van der Waals surface area contributed by atoms with E-state index in [1.54, 1.807) is 0 Å². The molecule has 0 N–H and O–H groups in total. The molecule has 9 rings (SSSR count). The molecular weight excluding hydrogens is 520 g/mol. The maximum Gasteiger partial charge on any atom is 0.143 e. The molecule has 1 aliphatic rings. The third kappa shape index (κ3) is 3.52. The van der Waals surface area contributed by atoms with Crippen LogP contribution < -0.4 is 4.74 Å². The summed E-state index contributed by atoms with van der Waals surface area (Å²) < 4.78 is 6.94. The van der Waals surface area contributed by atoms with E-state index in [4.69, 9.17) is 4.74 Å². The lowest BCUT2D eigenvalue weighted by Crippen LogP contribution is -2.10. The number of rotatable bonds is 1. The van der Waals surface area contributed by atoms with Gasteiger partial charge in [-0.05, 0) is 82.7 Å². The lowest BCUT2D eigenvalue weighted by Gasteiger charge is -2.25. The van der Waals surface area contributed by atoms with Crippen molar-refractivity contribution in [2.45, 2.75) is 26.2 Å². The minimum Gasteiger partial charge on any atom is -0.455 e. The molecule has 0 fully saturated rings. The number of para-hydroxylation sites is 1. The summed E-state index contributed by atoms with van der Waals surface area (Å²) in [6, 6.07) is 46.8. The van der Waals surface area contributed by atoms with Gasteiger partial charge in [-0.3, -0.25) is 0 Å². The Morgan fingerprint density at radius 2 is 1.02 bits per heavy atom. The van der Waals surface area contributed by atoms with Crippen LogP contribution in [0.25, 0.3) is 76.1 Å². The molecule has 0 aliphatic carbocycles. The molecule has 0 amide bonds. The summed E-state index contributed by atoms with van der Waals surface area (Å²) in [6.07, 6.45) is 0. The Hall–Kier alpha value is -5.14. The molecule has 0 spiro atoms. The standard InChI is InChI=1S/C42H30O/c1-42(2,3)27-19-21-29-26(22-27)18-20-32-30-12-6-7-13-31(30)38(24-37(29)32)36-17-9-16-35-34-15-8-14-33-28-11-5-4-10-25(28)23-39(40(33)34)43-41(35)36/h4-24H,1-3H3. The van der Waals surface area contributed by atoms with Gasteiger partial charge in [-0.2, -0.15) is 0 Å². The van der Waals surface area contributed by atoms with Crippen molar-refractivity contribution in [2.75, 3.05) is 0 Å². The lowest BCUT2D eigenvalue weighted by molar-refractivity contribution is 0.489. The van der Waals surface area contributed by atoms with Crippen molar-refractivity contribution in [3.8, 4) is 33.8 Å². The van der Waals surface area contributed by atoms with Crippen LogP contribution >= 0.6 is 0 Å². The van der Waals surface area contributed by atoms with Gasteiger partial charge in [-0.25, -0.2) is 0 Å². The highest BCUT2D eigenvalue weighted by atomic mass is 16.5. The first-order valence-corrected chi connectivity index (χ1v) is 15.1. The van der Waals surface area contributed by atoms with E-state index in [0.717, 1.165) is 22.6 Å². The third-order valence-corrected chi connectivity index (χ3v) is 9.38. The zero-order chi connectivity index (χ0) is 28.9.